The second-order valence-corrected chi connectivity index (χ2v) is 2.48. The zero-order valence-corrected chi connectivity index (χ0v) is 6.65. The number of carbonyl (C=O) groups is 1. The molecular weight excluding hydrogens is 224 g/mol. The zero-order valence-electron chi connectivity index (χ0n) is 3.47. The Kier molecular flexibility index (Phi) is 4.77. The molecule has 0 fully saturated rings. The van der Waals surface area contributed by atoms with Crippen molar-refractivity contribution in [2.24, 2.45) is 0 Å². The highest BCUT2D eigenvalue weighted by Crippen LogP contribution is 1.97. The van der Waals surface area contributed by atoms with Crippen LogP contribution in [-0.2, 0) is 4.79 Å². The minimum atomic E-state index is -0.146. The van der Waals surface area contributed by atoms with Crippen LogP contribution in [0.15, 0.2) is 11.1 Å². The van der Waals surface area contributed by atoms with Gasteiger partial charge in [-0.15, -0.1) is 0 Å². The van der Waals surface area contributed by atoms with E-state index in [1.54, 1.807) is 11.1 Å². The maximum absolute atomic E-state index is 9.78. The van der Waals surface area contributed by atoms with Crippen LogP contribution >= 0.6 is 31.9 Å². The van der Waals surface area contributed by atoms with Gasteiger partial charge in [-0.25, -0.2) is 0 Å². The molecule has 0 radical (unpaired) electrons. The number of carbonyl (C=O) groups excluding carboxylic acids is 1. The third kappa shape index (κ3) is 4.22. The Bertz CT molecular complexity index is 79.8. The summed E-state index contributed by atoms with van der Waals surface area (Å²) < 4.78 is 0. The standard InChI is InChI=1S/C4H4Br2O/c5-2-1-4(6)3-7/h1-4H. The number of rotatable bonds is 2. The van der Waals surface area contributed by atoms with Gasteiger partial charge in [0.25, 0.3) is 0 Å². The third-order valence-electron chi connectivity index (χ3n) is 0.387. The van der Waals surface area contributed by atoms with Crippen LogP contribution < -0.4 is 0 Å². The van der Waals surface area contributed by atoms with E-state index in [-0.39, 0.29) is 4.83 Å². The topological polar surface area (TPSA) is 17.1 Å². The Morgan fingerprint density at radius 2 is 2.14 bits per heavy atom. The molecule has 0 rings (SSSR count). The average Bonchev–Trinajstić information content (AvgIpc) is 1.68. The van der Waals surface area contributed by atoms with Gasteiger partial charge in [-0.3, -0.25) is 0 Å². The van der Waals surface area contributed by atoms with Crippen molar-refractivity contribution in [1.29, 1.82) is 0 Å². The first kappa shape index (κ1) is 7.37. The van der Waals surface area contributed by atoms with Crippen molar-refractivity contribution in [3.8, 4) is 0 Å². The van der Waals surface area contributed by atoms with Gasteiger partial charge in [0.05, 0.1) is 4.83 Å². The van der Waals surface area contributed by atoms with E-state index in [0.29, 0.717) is 0 Å². The highest BCUT2D eigenvalue weighted by molar-refractivity contribution is 9.11. The molecule has 0 aliphatic rings. The Balaban J connectivity index is 3.35. The van der Waals surface area contributed by atoms with Crippen LogP contribution in [0.1, 0.15) is 0 Å². The van der Waals surface area contributed by atoms with Crippen LogP contribution in [0.5, 0.6) is 0 Å². The lowest BCUT2D eigenvalue weighted by atomic mass is 10.5. The molecule has 0 N–H and O–H groups in total. The second kappa shape index (κ2) is 4.53. The molecule has 0 bridgehead atoms. The van der Waals surface area contributed by atoms with Gasteiger partial charge in [0.15, 0.2) is 0 Å². The fourth-order valence-corrected chi connectivity index (χ4v) is 1.01. The maximum Gasteiger partial charge on any atom is 0.137 e. The number of alkyl halides is 1. The molecule has 7 heavy (non-hydrogen) atoms. The van der Waals surface area contributed by atoms with Crippen LogP contribution in [0.25, 0.3) is 0 Å². The number of hydrogen-bond donors (Lipinski definition) is 0. The maximum atomic E-state index is 9.78. The predicted octanol–water partition coefficient (Wildman–Crippen LogP) is 1.86. The van der Waals surface area contributed by atoms with Gasteiger partial charge in [0, 0.05) is 0 Å². The van der Waals surface area contributed by atoms with Crippen LogP contribution in [0.3, 0.4) is 0 Å². The van der Waals surface area contributed by atoms with E-state index in [4.69, 9.17) is 0 Å². The average molecular weight is 228 g/mol. The van der Waals surface area contributed by atoms with Gasteiger partial charge in [-0.05, 0) is 4.99 Å². The Hall–Kier alpha value is 0.370. The lowest BCUT2D eigenvalue weighted by molar-refractivity contribution is -0.106. The van der Waals surface area contributed by atoms with E-state index in [0.717, 1.165) is 6.29 Å². The molecule has 3 heteroatoms. The molecule has 1 nitrogen and oxygen atoms in total. The molecule has 0 aliphatic heterocycles. The molecular formula is C4H4Br2O. The summed E-state index contributed by atoms with van der Waals surface area (Å²) in [7, 11) is 0. The lowest BCUT2D eigenvalue weighted by Gasteiger charge is -1.83. The summed E-state index contributed by atoms with van der Waals surface area (Å²) in [5.74, 6) is 0. The first-order valence-electron chi connectivity index (χ1n) is 1.67. The van der Waals surface area contributed by atoms with Gasteiger partial charge in [-0.1, -0.05) is 37.9 Å². The molecule has 0 amide bonds. The molecule has 0 aromatic carbocycles. The number of allylic oxidation sites excluding steroid dienone is 1. The van der Waals surface area contributed by atoms with Crippen molar-refractivity contribution in [3.05, 3.63) is 11.1 Å². The summed E-state index contributed by atoms with van der Waals surface area (Å²) in [6.07, 6.45) is 2.49. The smallest absolute Gasteiger partial charge is 0.137 e. The number of hydrogen-bond acceptors (Lipinski definition) is 1. The molecule has 1 unspecified atom stereocenters. The van der Waals surface area contributed by atoms with E-state index in [2.05, 4.69) is 31.9 Å². The SMILES string of the molecule is O=CC(Br)C=CBr. The summed E-state index contributed by atoms with van der Waals surface area (Å²) in [5.41, 5.74) is 0. The fourth-order valence-electron chi connectivity index (χ4n) is 0.115. The summed E-state index contributed by atoms with van der Waals surface area (Å²) in [6.45, 7) is 0. The molecule has 0 aliphatic carbocycles. The molecule has 0 saturated carbocycles. The highest BCUT2D eigenvalue weighted by Gasteiger charge is 1.89. The summed E-state index contributed by atoms with van der Waals surface area (Å²) in [5, 5.41) is 0. The fraction of sp³-hybridized carbons (Fsp3) is 0.250. The van der Waals surface area contributed by atoms with Crippen molar-refractivity contribution in [2.45, 2.75) is 4.83 Å². The van der Waals surface area contributed by atoms with Crippen molar-refractivity contribution >= 4 is 38.1 Å². The van der Waals surface area contributed by atoms with Crippen LogP contribution in [0.4, 0.5) is 0 Å². The second-order valence-electron chi connectivity index (χ2n) is 0.899. The van der Waals surface area contributed by atoms with E-state index in [9.17, 15) is 4.79 Å². The zero-order chi connectivity index (χ0) is 5.70. The first-order chi connectivity index (χ1) is 3.31. The molecule has 0 spiro atoms. The van der Waals surface area contributed by atoms with Crippen molar-refractivity contribution in [2.75, 3.05) is 0 Å². The normalized spacial score (nSPS) is 14.6. The van der Waals surface area contributed by atoms with Crippen LogP contribution in [0.2, 0.25) is 0 Å². The number of halogens is 2. The van der Waals surface area contributed by atoms with Gasteiger partial charge in [0.2, 0.25) is 0 Å². The molecule has 0 aromatic rings. The Morgan fingerprint density at radius 3 is 2.29 bits per heavy atom. The summed E-state index contributed by atoms with van der Waals surface area (Å²) >= 11 is 6.07. The molecule has 40 valence electrons. The van der Waals surface area contributed by atoms with Crippen molar-refractivity contribution in [1.82, 2.24) is 0 Å². The number of aldehydes is 1. The lowest BCUT2D eigenvalue weighted by Crippen LogP contribution is -1.89. The molecule has 1 atom stereocenters. The summed E-state index contributed by atoms with van der Waals surface area (Å²) in [6, 6.07) is 0. The largest absolute Gasteiger partial charge is 0.302 e. The van der Waals surface area contributed by atoms with Crippen LogP contribution in [-0.4, -0.2) is 11.1 Å². The Morgan fingerprint density at radius 1 is 1.57 bits per heavy atom. The predicted molar refractivity (Wildman–Crippen MR) is 36.8 cm³/mol. The van der Waals surface area contributed by atoms with Gasteiger partial charge >= 0.3 is 0 Å². The Labute approximate surface area is 59.0 Å². The van der Waals surface area contributed by atoms with Crippen molar-refractivity contribution in [3.63, 3.8) is 0 Å². The highest BCUT2D eigenvalue weighted by atomic mass is 79.9. The summed E-state index contributed by atoms with van der Waals surface area (Å²) in [4.78, 5) is 11.3. The monoisotopic (exact) mass is 226 g/mol. The minimum absolute atomic E-state index is 0.146. The third-order valence-corrected chi connectivity index (χ3v) is 1.21. The van der Waals surface area contributed by atoms with Gasteiger partial charge < -0.3 is 4.79 Å². The molecule has 0 aromatic heterocycles. The first-order valence-corrected chi connectivity index (χ1v) is 3.50. The van der Waals surface area contributed by atoms with E-state index >= 15 is 0 Å². The van der Waals surface area contributed by atoms with E-state index in [1.807, 2.05) is 0 Å². The van der Waals surface area contributed by atoms with E-state index in [1.165, 1.54) is 0 Å². The molecule has 0 heterocycles. The quantitative estimate of drug-likeness (QED) is 0.520. The molecule has 0 saturated heterocycles. The van der Waals surface area contributed by atoms with Gasteiger partial charge in [-0.2, -0.15) is 0 Å². The van der Waals surface area contributed by atoms with Crippen LogP contribution in [0, 0.1) is 0 Å². The van der Waals surface area contributed by atoms with E-state index < -0.39 is 0 Å². The van der Waals surface area contributed by atoms with Crippen molar-refractivity contribution < 1.29 is 4.79 Å². The minimum Gasteiger partial charge on any atom is -0.302 e. The van der Waals surface area contributed by atoms with Gasteiger partial charge in [0.1, 0.15) is 6.29 Å².